The molecule has 0 aromatic heterocycles. The van der Waals surface area contributed by atoms with Gasteiger partial charge >= 0.3 is 5.97 Å². The van der Waals surface area contributed by atoms with Gasteiger partial charge in [0.2, 0.25) is 0 Å². The minimum absolute atomic E-state index is 0.307. The van der Waals surface area contributed by atoms with Crippen LogP contribution in [0, 0.1) is 6.92 Å². The lowest BCUT2D eigenvalue weighted by Gasteiger charge is -2.09. The Kier molecular flexibility index (Phi) is 7.71. The minimum Gasteiger partial charge on any atom is -0.481 e. The summed E-state index contributed by atoms with van der Waals surface area (Å²) in [5, 5.41) is 8.56. The molecule has 1 N–H and O–H groups in total. The van der Waals surface area contributed by atoms with E-state index in [0.717, 1.165) is 32.1 Å². The Bertz CT molecular complexity index is 435. The summed E-state index contributed by atoms with van der Waals surface area (Å²) in [6, 6.07) is 6.66. The third-order valence-electron chi connectivity index (χ3n) is 3.56. The molecule has 0 atom stereocenters. The molecule has 20 heavy (non-hydrogen) atoms. The number of hydrogen-bond donors (Lipinski definition) is 1. The van der Waals surface area contributed by atoms with E-state index in [-0.39, 0.29) is 0 Å². The van der Waals surface area contributed by atoms with Crippen molar-refractivity contribution in [1.29, 1.82) is 0 Å². The van der Waals surface area contributed by atoms with Crippen molar-refractivity contribution in [3.63, 3.8) is 0 Å². The lowest BCUT2D eigenvalue weighted by Crippen LogP contribution is -1.95. The summed E-state index contributed by atoms with van der Waals surface area (Å²) in [5.41, 5.74) is 4.13. The van der Waals surface area contributed by atoms with E-state index in [1.54, 1.807) is 0 Å². The molecule has 0 aliphatic heterocycles. The molecule has 0 amide bonds. The zero-order valence-corrected chi connectivity index (χ0v) is 12.5. The van der Waals surface area contributed by atoms with Crippen LogP contribution in [0.1, 0.15) is 55.2 Å². The van der Waals surface area contributed by atoms with Crippen LogP contribution in [0.2, 0.25) is 0 Å². The fraction of sp³-hybridized carbons (Fsp3) is 0.500. The van der Waals surface area contributed by atoms with Crippen LogP contribution < -0.4 is 0 Å². The summed E-state index contributed by atoms with van der Waals surface area (Å²) in [5.74, 6) is -0.682. The third-order valence-corrected chi connectivity index (χ3v) is 3.56. The van der Waals surface area contributed by atoms with E-state index < -0.39 is 5.97 Å². The van der Waals surface area contributed by atoms with Crippen LogP contribution in [0.3, 0.4) is 0 Å². The molecule has 0 saturated carbocycles. The predicted octanol–water partition coefficient (Wildman–Crippen LogP) is 4.69. The molecular formula is C18H26O2. The number of aryl methyl sites for hydroxylation is 2. The molecule has 0 unspecified atom stereocenters. The lowest BCUT2D eigenvalue weighted by atomic mass is 9.97. The van der Waals surface area contributed by atoms with Crippen molar-refractivity contribution < 1.29 is 9.90 Å². The minimum atomic E-state index is -0.682. The van der Waals surface area contributed by atoms with Crippen molar-refractivity contribution in [2.45, 2.75) is 58.3 Å². The van der Waals surface area contributed by atoms with E-state index in [4.69, 9.17) is 5.11 Å². The van der Waals surface area contributed by atoms with E-state index in [0.29, 0.717) is 6.42 Å². The third kappa shape index (κ3) is 6.55. The van der Waals surface area contributed by atoms with Gasteiger partial charge in [-0.15, -0.1) is 6.58 Å². The number of carbonyl (C=O) groups is 1. The van der Waals surface area contributed by atoms with Gasteiger partial charge in [0.15, 0.2) is 0 Å². The molecule has 0 aliphatic rings. The highest BCUT2D eigenvalue weighted by Gasteiger charge is 2.02. The van der Waals surface area contributed by atoms with Crippen LogP contribution in [0.15, 0.2) is 30.9 Å². The summed E-state index contributed by atoms with van der Waals surface area (Å²) in [6.45, 7) is 5.95. The van der Waals surface area contributed by atoms with Crippen LogP contribution in [-0.4, -0.2) is 11.1 Å². The predicted molar refractivity (Wildman–Crippen MR) is 84.1 cm³/mol. The van der Waals surface area contributed by atoms with Gasteiger partial charge in [0.25, 0.3) is 0 Å². The normalized spacial score (nSPS) is 10.4. The van der Waals surface area contributed by atoms with Gasteiger partial charge in [0, 0.05) is 6.42 Å². The Labute approximate surface area is 122 Å². The molecule has 2 heteroatoms. The van der Waals surface area contributed by atoms with E-state index in [9.17, 15) is 4.79 Å². The topological polar surface area (TPSA) is 37.3 Å². The Balaban J connectivity index is 2.27. The van der Waals surface area contributed by atoms with Gasteiger partial charge in [0.1, 0.15) is 0 Å². The number of carboxylic acid groups (broad SMARTS) is 1. The maximum Gasteiger partial charge on any atom is 0.303 e. The molecule has 0 saturated heterocycles. The zero-order chi connectivity index (χ0) is 14.8. The number of benzene rings is 1. The molecule has 1 rings (SSSR count). The van der Waals surface area contributed by atoms with Gasteiger partial charge in [0.05, 0.1) is 0 Å². The molecule has 110 valence electrons. The Morgan fingerprint density at radius 3 is 2.55 bits per heavy atom. The van der Waals surface area contributed by atoms with Crippen molar-refractivity contribution in [3.05, 3.63) is 47.5 Å². The molecule has 0 radical (unpaired) electrons. The molecule has 0 bridgehead atoms. The molecular weight excluding hydrogens is 248 g/mol. The smallest absolute Gasteiger partial charge is 0.303 e. The van der Waals surface area contributed by atoms with E-state index in [1.165, 1.54) is 29.5 Å². The fourth-order valence-corrected chi connectivity index (χ4v) is 2.47. The first kappa shape index (κ1) is 16.5. The van der Waals surface area contributed by atoms with Gasteiger partial charge in [-0.1, -0.05) is 49.1 Å². The molecule has 0 spiro atoms. The van der Waals surface area contributed by atoms with Crippen LogP contribution in [-0.2, 0) is 17.6 Å². The summed E-state index contributed by atoms with van der Waals surface area (Å²) < 4.78 is 0. The molecule has 0 fully saturated rings. The van der Waals surface area contributed by atoms with Crippen LogP contribution in [0.4, 0.5) is 0 Å². The second-order valence-electron chi connectivity index (χ2n) is 5.43. The molecule has 0 heterocycles. The van der Waals surface area contributed by atoms with Gasteiger partial charge < -0.3 is 5.11 Å². The highest BCUT2D eigenvalue weighted by Crippen LogP contribution is 2.17. The molecule has 1 aromatic carbocycles. The average Bonchev–Trinajstić information content (AvgIpc) is 2.40. The van der Waals surface area contributed by atoms with Gasteiger partial charge in [-0.25, -0.2) is 0 Å². The van der Waals surface area contributed by atoms with Gasteiger partial charge in [-0.05, 0) is 43.7 Å². The van der Waals surface area contributed by atoms with E-state index in [1.807, 2.05) is 6.08 Å². The van der Waals surface area contributed by atoms with Crippen molar-refractivity contribution in [1.82, 2.24) is 0 Å². The molecule has 2 nitrogen and oxygen atoms in total. The highest BCUT2D eigenvalue weighted by molar-refractivity contribution is 5.66. The Hall–Kier alpha value is -1.57. The van der Waals surface area contributed by atoms with E-state index in [2.05, 4.69) is 31.7 Å². The van der Waals surface area contributed by atoms with Gasteiger partial charge in [-0.3, -0.25) is 4.79 Å². The van der Waals surface area contributed by atoms with Crippen molar-refractivity contribution in [2.24, 2.45) is 0 Å². The second kappa shape index (κ2) is 9.35. The number of carboxylic acids is 1. The summed E-state index contributed by atoms with van der Waals surface area (Å²) >= 11 is 0. The molecule has 0 aliphatic carbocycles. The quantitative estimate of drug-likeness (QED) is 0.496. The Morgan fingerprint density at radius 1 is 1.15 bits per heavy atom. The van der Waals surface area contributed by atoms with E-state index >= 15 is 0 Å². The van der Waals surface area contributed by atoms with Crippen molar-refractivity contribution in [2.75, 3.05) is 0 Å². The maximum absolute atomic E-state index is 10.4. The zero-order valence-electron chi connectivity index (χ0n) is 12.5. The number of hydrogen-bond acceptors (Lipinski definition) is 1. The Morgan fingerprint density at radius 2 is 1.85 bits per heavy atom. The highest BCUT2D eigenvalue weighted by atomic mass is 16.4. The number of allylic oxidation sites excluding steroid dienone is 1. The second-order valence-corrected chi connectivity index (χ2v) is 5.43. The average molecular weight is 274 g/mol. The summed E-state index contributed by atoms with van der Waals surface area (Å²) in [4.78, 5) is 10.4. The number of unbranched alkanes of at least 4 members (excludes halogenated alkanes) is 4. The van der Waals surface area contributed by atoms with Crippen molar-refractivity contribution >= 4 is 5.97 Å². The maximum atomic E-state index is 10.4. The van der Waals surface area contributed by atoms with Crippen molar-refractivity contribution in [3.8, 4) is 0 Å². The number of rotatable bonds is 10. The van der Waals surface area contributed by atoms with Crippen LogP contribution >= 0.6 is 0 Å². The first-order chi connectivity index (χ1) is 9.63. The lowest BCUT2D eigenvalue weighted by molar-refractivity contribution is -0.137. The molecule has 1 aromatic rings. The first-order valence-electron chi connectivity index (χ1n) is 7.54. The van der Waals surface area contributed by atoms with Crippen LogP contribution in [0.25, 0.3) is 0 Å². The number of aliphatic carboxylic acids is 1. The standard InChI is InChI=1S/C18H26O2/c1-3-9-17-14-15(2)12-13-16(17)10-7-5-4-6-8-11-18(19)20/h3,12-14H,1,4-11H2,2H3,(H,19,20). The first-order valence-corrected chi connectivity index (χ1v) is 7.54. The van der Waals surface area contributed by atoms with Gasteiger partial charge in [-0.2, -0.15) is 0 Å². The van der Waals surface area contributed by atoms with Crippen LogP contribution in [0.5, 0.6) is 0 Å². The monoisotopic (exact) mass is 274 g/mol. The summed E-state index contributed by atoms with van der Waals surface area (Å²) in [7, 11) is 0. The summed E-state index contributed by atoms with van der Waals surface area (Å²) in [6.07, 6.45) is 9.65. The SMILES string of the molecule is C=CCc1cc(C)ccc1CCCCCCCC(=O)O. The fourth-order valence-electron chi connectivity index (χ4n) is 2.47. The largest absolute Gasteiger partial charge is 0.481 e.